The van der Waals surface area contributed by atoms with Crippen LogP contribution < -0.4 is 10.1 Å². The molecule has 2 aromatic rings. The Morgan fingerprint density at radius 3 is 2.24 bits per heavy atom. The lowest BCUT2D eigenvalue weighted by Gasteiger charge is -2.07. The number of carboxylic acids is 1. The molecule has 6 heteroatoms. The Hall–Kier alpha value is -2.76. The Morgan fingerprint density at radius 2 is 1.76 bits per heavy atom. The Kier molecular flexibility index (Phi) is 5.85. The molecule has 6 nitrogen and oxygen atoms in total. The number of amides is 1. The molecular weight excluding hydrogens is 322 g/mol. The van der Waals surface area contributed by atoms with E-state index in [2.05, 4.69) is 19.2 Å². The third-order valence-corrected chi connectivity index (χ3v) is 3.64. The van der Waals surface area contributed by atoms with Crippen LogP contribution in [0, 0.1) is 0 Å². The van der Waals surface area contributed by atoms with E-state index in [0.29, 0.717) is 11.4 Å². The predicted molar refractivity (Wildman–Crippen MR) is 94.4 cm³/mol. The van der Waals surface area contributed by atoms with Crippen molar-refractivity contribution in [3.8, 4) is 5.75 Å². The average Bonchev–Trinajstić information content (AvgIpc) is 3.00. The number of aliphatic carboxylic acids is 1. The Bertz CT molecular complexity index is 718. The highest BCUT2D eigenvalue weighted by atomic mass is 16.5. The third-order valence-electron chi connectivity index (χ3n) is 3.64. The average molecular weight is 345 g/mol. The molecule has 2 rings (SSSR count). The molecule has 25 heavy (non-hydrogen) atoms. The van der Waals surface area contributed by atoms with Crippen molar-refractivity contribution >= 4 is 17.6 Å². The summed E-state index contributed by atoms with van der Waals surface area (Å²) in [5.41, 5.74) is 1.61. The van der Waals surface area contributed by atoms with Crippen LogP contribution in [-0.2, 0) is 4.79 Å². The second-order valence-corrected chi connectivity index (χ2v) is 6.40. The Balaban J connectivity index is 2.09. The molecule has 0 radical (unpaired) electrons. The van der Waals surface area contributed by atoms with Gasteiger partial charge in [0.15, 0.2) is 12.4 Å². The number of anilines is 1. The summed E-state index contributed by atoms with van der Waals surface area (Å²) in [6.45, 7) is 7.78. The Labute approximate surface area is 146 Å². The van der Waals surface area contributed by atoms with Crippen molar-refractivity contribution in [2.24, 2.45) is 0 Å². The van der Waals surface area contributed by atoms with Crippen LogP contribution >= 0.6 is 0 Å². The maximum Gasteiger partial charge on any atom is 0.341 e. The molecule has 0 saturated carbocycles. The molecule has 0 aliphatic heterocycles. The van der Waals surface area contributed by atoms with Crippen molar-refractivity contribution in [3.63, 3.8) is 0 Å². The van der Waals surface area contributed by atoms with E-state index >= 15 is 0 Å². The number of furan rings is 1. The van der Waals surface area contributed by atoms with E-state index in [1.54, 1.807) is 30.3 Å². The van der Waals surface area contributed by atoms with Gasteiger partial charge in [-0.2, -0.15) is 0 Å². The van der Waals surface area contributed by atoms with Crippen molar-refractivity contribution in [2.45, 2.75) is 39.5 Å². The highest BCUT2D eigenvalue weighted by molar-refractivity contribution is 6.02. The van der Waals surface area contributed by atoms with E-state index in [4.69, 9.17) is 14.3 Å². The van der Waals surface area contributed by atoms with Gasteiger partial charge in [0.05, 0.1) is 0 Å². The number of hydrogen-bond acceptors (Lipinski definition) is 4. The fourth-order valence-electron chi connectivity index (χ4n) is 2.41. The molecule has 0 atom stereocenters. The number of hydrogen-bond donors (Lipinski definition) is 2. The number of benzene rings is 1. The monoisotopic (exact) mass is 345 g/mol. The fourth-order valence-corrected chi connectivity index (χ4v) is 2.41. The molecule has 134 valence electrons. The first kappa shape index (κ1) is 18.6. The van der Waals surface area contributed by atoms with E-state index in [-0.39, 0.29) is 23.5 Å². The van der Waals surface area contributed by atoms with Crippen LogP contribution in [0.25, 0.3) is 0 Å². The van der Waals surface area contributed by atoms with Crippen LogP contribution in [0.3, 0.4) is 0 Å². The van der Waals surface area contributed by atoms with Gasteiger partial charge in [-0.3, -0.25) is 4.79 Å². The van der Waals surface area contributed by atoms with Crippen molar-refractivity contribution in [2.75, 3.05) is 11.9 Å². The van der Waals surface area contributed by atoms with E-state index in [9.17, 15) is 9.59 Å². The van der Waals surface area contributed by atoms with Gasteiger partial charge in [0.1, 0.15) is 11.5 Å². The summed E-state index contributed by atoms with van der Waals surface area (Å²) in [4.78, 5) is 22.9. The van der Waals surface area contributed by atoms with Crippen LogP contribution in [0.2, 0.25) is 0 Å². The molecule has 2 N–H and O–H groups in total. The molecule has 0 spiro atoms. The summed E-state index contributed by atoms with van der Waals surface area (Å²) in [6.07, 6.45) is 0. The van der Waals surface area contributed by atoms with Crippen molar-refractivity contribution in [1.82, 2.24) is 0 Å². The number of rotatable bonds is 7. The summed E-state index contributed by atoms with van der Waals surface area (Å²) in [7, 11) is 0. The lowest BCUT2D eigenvalue weighted by molar-refractivity contribution is -0.139. The van der Waals surface area contributed by atoms with Gasteiger partial charge in [0.2, 0.25) is 0 Å². The molecule has 1 amide bonds. The second-order valence-electron chi connectivity index (χ2n) is 6.40. The first-order valence-electron chi connectivity index (χ1n) is 8.17. The van der Waals surface area contributed by atoms with Crippen LogP contribution in [0.5, 0.6) is 5.75 Å². The first-order chi connectivity index (χ1) is 11.8. The molecule has 0 aliphatic carbocycles. The summed E-state index contributed by atoms with van der Waals surface area (Å²) in [5.74, 6) is 0.627. The van der Waals surface area contributed by atoms with E-state index in [1.165, 1.54) is 0 Å². The van der Waals surface area contributed by atoms with Crippen LogP contribution in [0.15, 0.2) is 34.7 Å². The number of carbonyl (C=O) groups is 2. The van der Waals surface area contributed by atoms with E-state index in [0.717, 1.165) is 11.3 Å². The van der Waals surface area contributed by atoms with Gasteiger partial charge in [0.25, 0.3) is 5.91 Å². The molecule has 0 bridgehead atoms. The normalized spacial score (nSPS) is 11.0. The zero-order chi connectivity index (χ0) is 18.6. The maximum absolute atomic E-state index is 12.4. The number of carbonyl (C=O) groups excluding carboxylic acids is 1. The third kappa shape index (κ3) is 4.86. The van der Waals surface area contributed by atoms with E-state index in [1.807, 2.05) is 13.8 Å². The lowest BCUT2D eigenvalue weighted by Crippen LogP contribution is -2.11. The minimum atomic E-state index is -1.04. The van der Waals surface area contributed by atoms with E-state index < -0.39 is 12.6 Å². The van der Waals surface area contributed by atoms with Crippen molar-refractivity contribution in [1.29, 1.82) is 0 Å². The fraction of sp³-hybridized carbons (Fsp3) is 0.368. The van der Waals surface area contributed by atoms with Crippen molar-refractivity contribution in [3.05, 3.63) is 47.4 Å². The zero-order valence-electron chi connectivity index (χ0n) is 14.8. The van der Waals surface area contributed by atoms with Gasteiger partial charge >= 0.3 is 5.97 Å². The number of carboxylic acid groups (broad SMARTS) is 1. The maximum atomic E-state index is 12.4. The van der Waals surface area contributed by atoms with Gasteiger partial charge in [-0.25, -0.2) is 4.79 Å². The topological polar surface area (TPSA) is 88.8 Å². The molecule has 1 aromatic heterocycles. The minimum absolute atomic E-state index is 0.199. The summed E-state index contributed by atoms with van der Waals surface area (Å²) in [5, 5.41) is 11.3. The molecular formula is C19H23NO5. The Morgan fingerprint density at radius 1 is 1.12 bits per heavy atom. The number of ether oxygens (including phenoxy) is 1. The minimum Gasteiger partial charge on any atom is -0.482 e. The lowest BCUT2D eigenvalue weighted by atomic mass is 9.98. The standard InChI is InChI=1S/C19H23NO5/c1-11(2)15-9-16(25-18(15)12(3)4)19(23)20-13-5-7-14(8-6-13)24-10-17(21)22/h5-9,11-12H,10H2,1-4H3,(H,20,23)(H,21,22). The summed E-state index contributed by atoms with van der Waals surface area (Å²) >= 11 is 0. The smallest absolute Gasteiger partial charge is 0.341 e. The molecule has 1 heterocycles. The van der Waals surface area contributed by atoms with Crippen LogP contribution in [0.1, 0.15) is 61.4 Å². The molecule has 0 unspecified atom stereocenters. The highest BCUT2D eigenvalue weighted by Crippen LogP contribution is 2.30. The predicted octanol–water partition coefficient (Wildman–Crippen LogP) is 4.24. The van der Waals surface area contributed by atoms with Gasteiger partial charge in [-0.05, 0) is 41.8 Å². The molecule has 0 aliphatic rings. The summed E-state index contributed by atoms with van der Waals surface area (Å²) in [6, 6.07) is 8.27. The zero-order valence-corrected chi connectivity index (χ0v) is 14.8. The van der Waals surface area contributed by atoms with Gasteiger partial charge < -0.3 is 19.6 Å². The van der Waals surface area contributed by atoms with Gasteiger partial charge in [-0.1, -0.05) is 27.7 Å². The molecule has 0 saturated heterocycles. The highest BCUT2D eigenvalue weighted by Gasteiger charge is 2.20. The largest absolute Gasteiger partial charge is 0.482 e. The number of nitrogens with one attached hydrogen (secondary N) is 1. The van der Waals surface area contributed by atoms with Crippen molar-refractivity contribution < 1.29 is 23.8 Å². The molecule has 1 aromatic carbocycles. The second kappa shape index (κ2) is 7.88. The quantitative estimate of drug-likeness (QED) is 0.783. The van der Waals surface area contributed by atoms with Crippen LogP contribution in [-0.4, -0.2) is 23.6 Å². The molecule has 0 fully saturated rings. The van der Waals surface area contributed by atoms with Gasteiger partial charge in [0, 0.05) is 11.6 Å². The first-order valence-corrected chi connectivity index (χ1v) is 8.17. The van der Waals surface area contributed by atoms with Crippen LogP contribution in [0.4, 0.5) is 5.69 Å². The SMILES string of the molecule is CC(C)c1cc(C(=O)Nc2ccc(OCC(=O)O)cc2)oc1C(C)C. The van der Waals surface area contributed by atoms with Gasteiger partial charge in [-0.15, -0.1) is 0 Å². The summed E-state index contributed by atoms with van der Waals surface area (Å²) < 4.78 is 10.8.